The highest BCUT2D eigenvalue weighted by atomic mass is 32.2. The van der Waals surface area contributed by atoms with Gasteiger partial charge in [-0.1, -0.05) is 24.2 Å². The average Bonchev–Trinajstić information content (AvgIpc) is 2.84. The molecular weight excluding hydrogens is 304 g/mol. The fraction of sp³-hybridized carbons (Fsp3) is 0.400. The predicted octanol–water partition coefficient (Wildman–Crippen LogP) is 2.56. The van der Waals surface area contributed by atoms with Crippen molar-refractivity contribution in [1.82, 2.24) is 9.88 Å². The molecule has 1 N–H and O–H groups in total. The molecule has 0 fully saturated rings. The van der Waals surface area contributed by atoms with Crippen LogP contribution in [0.1, 0.15) is 30.4 Å². The summed E-state index contributed by atoms with van der Waals surface area (Å²) in [6, 6.07) is 7.33. The lowest BCUT2D eigenvalue weighted by Gasteiger charge is -2.08. The number of nitrogens with zero attached hydrogens (tertiary/aromatic N) is 1. The maximum Gasteiger partial charge on any atom is 0.246 e. The second-order valence-electron chi connectivity index (χ2n) is 4.97. The summed E-state index contributed by atoms with van der Waals surface area (Å²) >= 11 is 0. The Bertz CT molecular complexity index is 701. The van der Waals surface area contributed by atoms with E-state index in [0.717, 1.165) is 17.7 Å². The van der Waals surface area contributed by atoms with Gasteiger partial charge >= 0.3 is 0 Å². The fourth-order valence-electron chi connectivity index (χ4n) is 2.03. The van der Waals surface area contributed by atoms with E-state index in [1.54, 1.807) is 13.8 Å². The Labute approximate surface area is 130 Å². The number of aromatic nitrogens is 1. The van der Waals surface area contributed by atoms with Crippen LogP contribution in [-0.4, -0.2) is 20.2 Å². The number of aryl methyl sites for hydroxylation is 2. The lowest BCUT2D eigenvalue weighted by Crippen LogP contribution is -2.24. The zero-order chi connectivity index (χ0) is 16.2. The van der Waals surface area contributed by atoms with E-state index in [2.05, 4.69) is 9.88 Å². The molecule has 1 aromatic heterocycles. The largest absolute Gasteiger partial charge is 0.494 e. The maximum atomic E-state index is 12.3. The normalized spacial score (nSPS) is 11.6. The highest BCUT2D eigenvalue weighted by molar-refractivity contribution is 7.89. The molecule has 0 unspecified atom stereocenters. The van der Waals surface area contributed by atoms with Crippen molar-refractivity contribution in [2.24, 2.45) is 0 Å². The highest BCUT2D eigenvalue weighted by Gasteiger charge is 2.23. The Morgan fingerprint density at radius 1 is 1.23 bits per heavy atom. The second-order valence-corrected chi connectivity index (χ2v) is 6.67. The lowest BCUT2D eigenvalue weighted by atomic mass is 10.2. The third kappa shape index (κ3) is 3.86. The molecule has 22 heavy (non-hydrogen) atoms. The number of sulfonamides is 1. The summed E-state index contributed by atoms with van der Waals surface area (Å²) in [5.41, 5.74) is 1.20. The van der Waals surface area contributed by atoms with Crippen LogP contribution in [0.5, 0.6) is 5.75 Å². The fourth-order valence-corrected chi connectivity index (χ4v) is 3.38. The van der Waals surface area contributed by atoms with Crippen molar-refractivity contribution in [3.8, 4) is 5.75 Å². The molecule has 0 aliphatic carbocycles. The molecule has 0 bridgehead atoms. The van der Waals surface area contributed by atoms with Crippen molar-refractivity contribution >= 4 is 10.0 Å². The molecule has 0 aliphatic rings. The van der Waals surface area contributed by atoms with Gasteiger partial charge in [-0.3, -0.25) is 0 Å². The molecule has 0 saturated heterocycles. The third-order valence-electron chi connectivity index (χ3n) is 3.10. The number of hydrogen-bond donors (Lipinski definition) is 1. The molecule has 120 valence electrons. The van der Waals surface area contributed by atoms with Gasteiger partial charge in [0.25, 0.3) is 0 Å². The van der Waals surface area contributed by atoms with Gasteiger partial charge in [-0.2, -0.15) is 0 Å². The molecule has 0 saturated carbocycles. The summed E-state index contributed by atoms with van der Waals surface area (Å²) in [5, 5.41) is 3.67. The van der Waals surface area contributed by atoms with Crippen LogP contribution < -0.4 is 9.46 Å². The monoisotopic (exact) mass is 324 g/mol. The van der Waals surface area contributed by atoms with E-state index in [9.17, 15) is 8.42 Å². The summed E-state index contributed by atoms with van der Waals surface area (Å²) in [4.78, 5) is 0.107. The van der Waals surface area contributed by atoms with Crippen molar-refractivity contribution in [3.05, 3.63) is 41.3 Å². The summed E-state index contributed by atoms with van der Waals surface area (Å²) in [5.74, 6) is 1.06. The van der Waals surface area contributed by atoms with Gasteiger partial charge in [0.05, 0.1) is 6.61 Å². The lowest BCUT2D eigenvalue weighted by molar-refractivity contribution is 0.317. The topological polar surface area (TPSA) is 81.4 Å². The van der Waals surface area contributed by atoms with Crippen LogP contribution in [0.4, 0.5) is 0 Å². The van der Waals surface area contributed by atoms with E-state index in [0.29, 0.717) is 12.3 Å². The van der Waals surface area contributed by atoms with E-state index in [4.69, 9.17) is 9.26 Å². The molecular formula is C15H20N2O4S. The Kier molecular flexibility index (Phi) is 5.20. The van der Waals surface area contributed by atoms with Crippen LogP contribution in [0, 0.1) is 13.8 Å². The van der Waals surface area contributed by atoms with Crippen LogP contribution in [0.2, 0.25) is 0 Å². The number of benzene rings is 1. The van der Waals surface area contributed by atoms with Crippen LogP contribution in [-0.2, 0) is 16.6 Å². The standard InChI is InChI=1S/C15H20N2O4S/c1-4-9-20-14-7-5-13(6-8-14)10-16-22(18,19)15-11(2)17-21-12(15)3/h5-8,16H,4,9-10H2,1-3H3. The Morgan fingerprint density at radius 2 is 1.91 bits per heavy atom. The first-order valence-corrected chi connectivity index (χ1v) is 8.56. The quantitative estimate of drug-likeness (QED) is 0.846. The summed E-state index contributed by atoms with van der Waals surface area (Å²) < 4.78 is 37.5. The number of nitrogens with one attached hydrogen (secondary N) is 1. The molecule has 2 aromatic rings. The smallest absolute Gasteiger partial charge is 0.246 e. The van der Waals surface area contributed by atoms with Gasteiger partial charge in [-0.05, 0) is 38.0 Å². The number of rotatable bonds is 7. The maximum absolute atomic E-state index is 12.3. The van der Waals surface area contributed by atoms with Crippen LogP contribution in [0.15, 0.2) is 33.7 Å². The van der Waals surface area contributed by atoms with Crippen molar-refractivity contribution in [1.29, 1.82) is 0 Å². The molecule has 6 nitrogen and oxygen atoms in total. The second kappa shape index (κ2) is 6.93. The first-order chi connectivity index (χ1) is 10.4. The molecule has 0 radical (unpaired) electrons. The van der Waals surface area contributed by atoms with Crippen LogP contribution in [0.3, 0.4) is 0 Å². The van der Waals surface area contributed by atoms with E-state index >= 15 is 0 Å². The van der Waals surface area contributed by atoms with Gasteiger partial charge < -0.3 is 9.26 Å². The Balaban J connectivity index is 2.03. The summed E-state index contributed by atoms with van der Waals surface area (Å²) in [7, 11) is -3.64. The molecule has 0 spiro atoms. The van der Waals surface area contributed by atoms with Crippen molar-refractivity contribution in [2.45, 2.75) is 38.6 Å². The zero-order valence-electron chi connectivity index (χ0n) is 12.9. The first-order valence-electron chi connectivity index (χ1n) is 7.08. The molecule has 0 aliphatic heterocycles. The van der Waals surface area contributed by atoms with Crippen molar-refractivity contribution < 1.29 is 17.7 Å². The Morgan fingerprint density at radius 3 is 2.45 bits per heavy atom. The van der Waals surface area contributed by atoms with E-state index in [-0.39, 0.29) is 17.2 Å². The van der Waals surface area contributed by atoms with Gasteiger partial charge in [0, 0.05) is 6.54 Å². The number of hydrogen-bond acceptors (Lipinski definition) is 5. The highest BCUT2D eigenvalue weighted by Crippen LogP contribution is 2.19. The van der Waals surface area contributed by atoms with Gasteiger partial charge in [0.15, 0.2) is 5.76 Å². The molecule has 0 atom stereocenters. The third-order valence-corrected chi connectivity index (χ3v) is 4.74. The van der Waals surface area contributed by atoms with E-state index in [1.807, 2.05) is 31.2 Å². The Hall–Kier alpha value is -1.86. The minimum atomic E-state index is -3.64. The molecule has 0 amide bonds. The zero-order valence-corrected chi connectivity index (χ0v) is 13.7. The van der Waals surface area contributed by atoms with Crippen molar-refractivity contribution in [3.63, 3.8) is 0 Å². The molecule has 7 heteroatoms. The molecule has 1 heterocycles. The van der Waals surface area contributed by atoms with Gasteiger partial charge in [0.1, 0.15) is 16.3 Å². The van der Waals surface area contributed by atoms with Crippen LogP contribution in [0.25, 0.3) is 0 Å². The summed E-state index contributed by atoms with van der Waals surface area (Å²) in [6.07, 6.45) is 0.943. The molecule has 1 aromatic carbocycles. The van der Waals surface area contributed by atoms with Crippen molar-refractivity contribution in [2.75, 3.05) is 6.61 Å². The van der Waals surface area contributed by atoms with Gasteiger partial charge in [0.2, 0.25) is 10.0 Å². The minimum absolute atomic E-state index is 0.107. The summed E-state index contributed by atoms with van der Waals surface area (Å²) in [6.45, 7) is 6.08. The minimum Gasteiger partial charge on any atom is -0.494 e. The number of ether oxygens (including phenoxy) is 1. The van der Waals surface area contributed by atoms with Gasteiger partial charge in [-0.15, -0.1) is 0 Å². The SMILES string of the molecule is CCCOc1ccc(CNS(=O)(=O)c2c(C)noc2C)cc1. The van der Waals surface area contributed by atoms with E-state index in [1.165, 1.54) is 0 Å². The van der Waals surface area contributed by atoms with E-state index < -0.39 is 10.0 Å². The van der Waals surface area contributed by atoms with Gasteiger partial charge in [-0.25, -0.2) is 13.1 Å². The average molecular weight is 324 g/mol. The first kappa shape index (κ1) is 16.5. The molecule has 2 rings (SSSR count). The predicted molar refractivity (Wildman–Crippen MR) is 82.2 cm³/mol. The van der Waals surface area contributed by atoms with Crippen LogP contribution >= 0.6 is 0 Å².